The fourth-order valence-electron chi connectivity index (χ4n) is 3.10. The Hall–Kier alpha value is -1.88. The van der Waals surface area contributed by atoms with Gasteiger partial charge in [0.15, 0.2) is 0 Å². The van der Waals surface area contributed by atoms with Crippen molar-refractivity contribution in [1.82, 2.24) is 9.91 Å². The number of hydrogen-bond donors (Lipinski definition) is 0. The minimum Gasteiger partial charge on any atom is -0.494 e. The number of carbonyl (C=O) groups excluding carboxylic acids is 1. The minimum atomic E-state index is 0.0757. The number of benzene rings is 1. The number of hydrazone groups is 1. The second-order valence-corrected chi connectivity index (χ2v) is 6.24. The first-order valence-corrected chi connectivity index (χ1v) is 8.52. The van der Waals surface area contributed by atoms with Crippen molar-refractivity contribution in [2.45, 2.75) is 32.1 Å². The van der Waals surface area contributed by atoms with Crippen LogP contribution in [0.5, 0.6) is 5.75 Å². The Balaban J connectivity index is 1.47. The van der Waals surface area contributed by atoms with E-state index in [1.54, 1.807) is 7.05 Å². The number of hydrogen-bond acceptors (Lipinski definition) is 4. The molecular weight excluding hydrogens is 290 g/mol. The van der Waals surface area contributed by atoms with Crippen LogP contribution in [0.4, 0.5) is 0 Å². The Labute approximate surface area is 137 Å². The molecule has 0 bridgehead atoms. The van der Waals surface area contributed by atoms with E-state index in [1.807, 2.05) is 24.3 Å². The van der Waals surface area contributed by atoms with Gasteiger partial charge in [0.05, 0.1) is 12.3 Å². The summed E-state index contributed by atoms with van der Waals surface area (Å²) in [6.07, 6.45) is 4.99. The Bertz CT molecular complexity index is 562. The number of ether oxygens (including phenoxy) is 1. The van der Waals surface area contributed by atoms with Crippen LogP contribution < -0.4 is 4.74 Å². The second-order valence-electron chi connectivity index (χ2n) is 6.24. The molecule has 1 fully saturated rings. The zero-order chi connectivity index (χ0) is 16.1. The van der Waals surface area contributed by atoms with Gasteiger partial charge in [-0.3, -0.25) is 4.79 Å². The molecule has 0 spiro atoms. The molecular formula is C18H25N3O2. The molecule has 1 aromatic carbocycles. The average molecular weight is 315 g/mol. The lowest BCUT2D eigenvalue weighted by Gasteiger charge is -2.19. The summed E-state index contributed by atoms with van der Waals surface area (Å²) in [6, 6.07) is 8.03. The van der Waals surface area contributed by atoms with Gasteiger partial charge < -0.3 is 9.64 Å². The van der Waals surface area contributed by atoms with E-state index in [4.69, 9.17) is 4.74 Å². The van der Waals surface area contributed by atoms with E-state index in [2.05, 4.69) is 10.0 Å². The van der Waals surface area contributed by atoms with Gasteiger partial charge in [0.2, 0.25) is 5.91 Å². The summed E-state index contributed by atoms with van der Waals surface area (Å²) in [5, 5.41) is 5.77. The van der Waals surface area contributed by atoms with Crippen LogP contribution >= 0.6 is 0 Å². The van der Waals surface area contributed by atoms with Gasteiger partial charge in [0.1, 0.15) is 5.75 Å². The van der Waals surface area contributed by atoms with Gasteiger partial charge in [0.25, 0.3) is 0 Å². The first kappa shape index (κ1) is 16.0. The molecule has 1 saturated heterocycles. The van der Waals surface area contributed by atoms with Crippen molar-refractivity contribution in [3.63, 3.8) is 0 Å². The van der Waals surface area contributed by atoms with E-state index in [9.17, 15) is 4.79 Å². The van der Waals surface area contributed by atoms with Crippen molar-refractivity contribution >= 4 is 11.6 Å². The Morgan fingerprint density at radius 1 is 1.13 bits per heavy atom. The van der Waals surface area contributed by atoms with Gasteiger partial charge in [-0.15, -0.1) is 0 Å². The highest BCUT2D eigenvalue weighted by atomic mass is 16.5. The summed E-state index contributed by atoms with van der Waals surface area (Å²) < 4.78 is 5.82. The van der Waals surface area contributed by atoms with E-state index >= 15 is 0 Å². The lowest BCUT2D eigenvalue weighted by atomic mass is 10.0. The molecule has 2 heterocycles. The number of likely N-dealkylation sites (tertiary alicyclic amines) is 1. The van der Waals surface area contributed by atoms with Gasteiger partial charge in [0, 0.05) is 26.4 Å². The topological polar surface area (TPSA) is 45.1 Å². The highest BCUT2D eigenvalue weighted by Gasteiger charge is 2.17. The molecule has 5 nitrogen and oxygen atoms in total. The molecule has 2 aliphatic rings. The van der Waals surface area contributed by atoms with Crippen LogP contribution in [0.15, 0.2) is 29.4 Å². The Kier molecular flexibility index (Phi) is 5.28. The average Bonchev–Trinajstić information content (AvgIpc) is 3.08. The fourth-order valence-corrected chi connectivity index (χ4v) is 3.10. The van der Waals surface area contributed by atoms with Crippen molar-refractivity contribution in [2.24, 2.45) is 5.10 Å². The van der Waals surface area contributed by atoms with E-state index in [1.165, 1.54) is 30.9 Å². The maximum absolute atomic E-state index is 11.5. The quantitative estimate of drug-likeness (QED) is 0.758. The third kappa shape index (κ3) is 4.32. The van der Waals surface area contributed by atoms with Crippen LogP contribution in [-0.2, 0) is 4.79 Å². The van der Waals surface area contributed by atoms with E-state index in [0.717, 1.165) is 36.6 Å². The van der Waals surface area contributed by atoms with Crippen molar-refractivity contribution in [3.8, 4) is 5.75 Å². The van der Waals surface area contributed by atoms with Crippen LogP contribution in [-0.4, -0.2) is 54.8 Å². The molecule has 0 aliphatic carbocycles. The lowest BCUT2D eigenvalue weighted by molar-refractivity contribution is -0.130. The highest BCUT2D eigenvalue weighted by molar-refractivity contribution is 6.04. The summed E-state index contributed by atoms with van der Waals surface area (Å²) >= 11 is 0. The monoisotopic (exact) mass is 315 g/mol. The predicted molar refractivity (Wildman–Crippen MR) is 90.8 cm³/mol. The molecule has 0 unspecified atom stereocenters. The molecule has 0 saturated carbocycles. The molecule has 0 N–H and O–H groups in total. The largest absolute Gasteiger partial charge is 0.494 e. The van der Waals surface area contributed by atoms with Crippen LogP contribution in [0, 0.1) is 0 Å². The molecule has 0 aromatic heterocycles. The molecule has 5 heteroatoms. The first-order chi connectivity index (χ1) is 11.2. The molecule has 1 aromatic rings. The predicted octanol–water partition coefficient (Wildman–Crippen LogP) is 2.51. The maximum atomic E-state index is 11.5. The molecule has 0 atom stereocenters. The third-order valence-electron chi connectivity index (χ3n) is 4.48. The molecule has 3 rings (SSSR count). The number of amides is 1. The molecule has 23 heavy (non-hydrogen) atoms. The molecule has 2 aliphatic heterocycles. The van der Waals surface area contributed by atoms with Gasteiger partial charge in [-0.1, -0.05) is 0 Å². The second kappa shape index (κ2) is 7.59. The van der Waals surface area contributed by atoms with Crippen LogP contribution in [0.2, 0.25) is 0 Å². The normalized spacial score (nSPS) is 19.1. The number of nitrogens with zero attached hydrogens (tertiary/aromatic N) is 3. The number of rotatable bonds is 6. The third-order valence-corrected chi connectivity index (χ3v) is 4.48. The van der Waals surface area contributed by atoms with Crippen molar-refractivity contribution in [3.05, 3.63) is 29.8 Å². The lowest BCUT2D eigenvalue weighted by Crippen LogP contribution is -2.28. The summed E-state index contributed by atoms with van der Waals surface area (Å²) in [5.74, 6) is 0.975. The van der Waals surface area contributed by atoms with E-state index in [-0.39, 0.29) is 5.91 Å². The van der Waals surface area contributed by atoms with Gasteiger partial charge in [-0.05, 0) is 62.2 Å². The van der Waals surface area contributed by atoms with Crippen molar-refractivity contribution in [1.29, 1.82) is 0 Å². The molecule has 124 valence electrons. The molecule has 1 amide bonds. The maximum Gasteiger partial charge on any atom is 0.242 e. The number of carbonyl (C=O) groups is 1. The molecule has 0 radical (unpaired) electrons. The highest BCUT2D eigenvalue weighted by Crippen LogP contribution is 2.18. The summed E-state index contributed by atoms with van der Waals surface area (Å²) in [4.78, 5) is 14.0. The summed E-state index contributed by atoms with van der Waals surface area (Å²) in [5.41, 5.74) is 2.03. The minimum absolute atomic E-state index is 0.0757. The van der Waals surface area contributed by atoms with Crippen LogP contribution in [0.1, 0.15) is 37.7 Å². The van der Waals surface area contributed by atoms with Crippen molar-refractivity contribution < 1.29 is 9.53 Å². The fraction of sp³-hybridized carbons (Fsp3) is 0.556. The summed E-state index contributed by atoms with van der Waals surface area (Å²) in [6.45, 7) is 4.38. The van der Waals surface area contributed by atoms with Gasteiger partial charge in [-0.25, -0.2) is 5.01 Å². The summed E-state index contributed by atoms with van der Waals surface area (Å²) in [7, 11) is 1.71. The van der Waals surface area contributed by atoms with Crippen molar-refractivity contribution in [2.75, 3.05) is 33.3 Å². The Morgan fingerprint density at radius 3 is 2.57 bits per heavy atom. The zero-order valence-corrected chi connectivity index (χ0v) is 13.8. The standard InChI is InChI=1S/C18H25N3O2/c1-20-18(22)10-9-17(19-20)15-5-7-16(8-6-15)23-14-4-13-21-11-2-3-12-21/h5-8H,2-4,9-14H2,1H3. The zero-order valence-electron chi connectivity index (χ0n) is 13.8. The van der Waals surface area contributed by atoms with Gasteiger partial charge >= 0.3 is 0 Å². The van der Waals surface area contributed by atoms with E-state index < -0.39 is 0 Å². The van der Waals surface area contributed by atoms with E-state index in [0.29, 0.717) is 12.8 Å². The first-order valence-electron chi connectivity index (χ1n) is 8.52. The SMILES string of the molecule is CN1N=C(c2ccc(OCCCN3CCCC3)cc2)CCC1=O. The Morgan fingerprint density at radius 2 is 1.87 bits per heavy atom. The van der Waals surface area contributed by atoms with Gasteiger partial charge in [-0.2, -0.15) is 5.10 Å². The van der Waals surface area contributed by atoms with Crippen LogP contribution in [0.25, 0.3) is 0 Å². The van der Waals surface area contributed by atoms with Crippen LogP contribution in [0.3, 0.4) is 0 Å². The smallest absolute Gasteiger partial charge is 0.242 e.